The molecule has 2 saturated heterocycles. The summed E-state index contributed by atoms with van der Waals surface area (Å²) in [7, 11) is -0.275. The Morgan fingerprint density at radius 1 is 1.09 bits per heavy atom. The third-order valence-corrected chi connectivity index (χ3v) is 7.35. The van der Waals surface area contributed by atoms with Gasteiger partial charge in [0.2, 0.25) is 11.8 Å². The average Bonchev–Trinajstić information content (AvgIpc) is 2.91. The molecule has 7 nitrogen and oxygen atoms in total. The smallest absolute Gasteiger partial charge is 0.403 e. The standard InChI is InChI=1S/C27H44BN3O4/c1-20(32)29-27(23(33)30-24(2,3)4)16-22(14-15-28-34-25(5,6)26(7,8)35-28)18-31(19-27)17-21-12-10-9-11-13-21/h9-13,22H,14-19H2,1-8H3,(H,29,32)(H,30,33)/t22-,27+/m0/s1. The van der Waals surface area contributed by atoms with Crippen molar-refractivity contribution in [1.82, 2.24) is 15.5 Å². The lowest BCUT2D eigenvalue weighted by Crippen LogP contribution is -2.69. The molecule has 2 fully saturated rings. The molecule has 1 aromatic carbocycles. The fourth-order valence-corrected chi connectivity index (χ4v) is 5.15. The zero-order valence-corrected chi connectivity index (χ0v) is 22.9. The van der Waals surface area contributed by atoms with Crippen molar-refractivity contribution in [2.45, 2.75) is 103 Å². The van der Waals surface area contributed by atoms with Gasteiger partial charge < -0.3 is 19.9 Å². The molecule has 0 unspecified atom stereocenters. The van der Waals surface area contributed by atoms with E-state index in [0.29, 0.717) is 13.0 Å². The van der Waals surface area contributed by atoms with Crippen molar-refractivity contribution in [2.24, 2.45) is 5.92 Å². The Balaban J connectivity index is 1.82. The molecule has 2 aliphatic heterocycles. The van der Waals surface area contributed by atoms with Crippen LogP contribution in [0.15, 0.2) is 30.3 Å². The van der Waals surface area contributed by atoms with Crippen molar-refractivity contribution in [3.8, 4) is 0 Å². The molecule has 2 amide bonds. The highest BCUT2D eigenvalue weighted by molar-refractivity contribution is 6.45. The van der Waals surface area contributed by atoms with Gasteiger partial charge in [-0.1, -0.05) is 36.8 Å². The number of hydrogen-bond donors (Lipinski definition) is 2. The van der Waals surface area contributed by atoms with Crippen molar-refractivity contribution in [3.63, 3.8) is 0 Å². The second-order valence-corrected chi connectivity index (χ2v) is 12.5. The first-order chi connectivity index (χ1) is 16.1. The minimum absolute atomic E-state index is 0.126. The van der Waals surface area contributed by atoms with Crippen LogP contribution in [0.3, 0.4) is 0 Å². The summed E-state index contributed by atoms with van der Waals surface area (Å²) in [5, 5.41) is 6.19. The number of carbonyl (C=O) groups excluding carboxylic acids is 2. The van der Waals surface area contributed by atoms with E-state index in [9.17, 15) is 9.59 Å². The monoisotopic (exact) mass is 485 g/mol. The van der Waals surface area contributed by atoms with Crippen molar-refractivity contribution < 1.29 is 18.9 Å². The first kappa shape index (κ1) is 27.7. The molecule has 35 heavy (non-hydrogen) atoms. The van der Waals surface area contributed by atoms with Gasteiger partial charge >= 0.3 is 7.12 Å². The number of carbonyl (C=O) groups is 2. The molecule has 8 heteroatoms. The number of amides is 2. The maximum Gasteiger partial charge on any atom is 0.457 e. The molecule has 0 radical (unpaired) electrons. The van der Waals surface area contributed by atoms with Crippen LogP contribution in [0.5, 0.6) is 0 Å². The zero-order chi connectivity index (χ0) is 26.1. The van der Waals surface area contributed by atoms with E-state index >= 15 is 0 Å². The van der Waals surface area contributed by atoms with Crippen LogP contribution < -0.4 is 10.6 Å². The molecular weight excluding hydrogens is 441 g/mol. The molecule has 1 aromatic rings. The highest BCUT2D eigenvalue weighted by Gasteiger charge is 2.52. The van der Waals surface area contributed by atoms with Gasteiger partial charge in [-0.25, -0.2) is 0 Å². The van der Waals surface area contributed by atoms with E-state index in [1.54, 1.807) is 0 Å². The molecule has 0 aromatic heterocycles. The van der Waals surface area contributed by atoms with Crippen molar-refractivity contribution in [3.05, 3.63) is 35.9 Å². The van der Waals surface area contributed by atoms with Gasteiger partial charge in [0.25, 0.3) is 0 Å². The highest BCUT2D eigenvalue weighted by Crippen LogP contribution is 2.39. The Kier molecular flexibility index (Phi) is 8.09. The van der Waals surface area contributed by atoms with Gasteiger partial charge in [0.1, 0.15) is 5.54 Å². The number of nitrogens with one attached hydrogen (secondary N) is 2. The molecule has 3 rings (SSSR count). The van der Waals surface area contributed by atoms with Crippen LogP contribution in [-0.4, -0.2) is 59.2 Å². The highest BCUT2D eigenvalue weighted by atomic mass is 16.7. The largest absolute Gasteiger partial charge is 0.457 e. The van der Waals surface area contributed by atoms with Gasteiger partial charge in [0, 0.05) is 32.1 Å². The Morgan fingerprint density at radius 2 is 1.69 bits per heavy atom. The lowest BCUT2D eigenvalue weighted by atomic mass is 9.74. The number of rotatable bonds is 7. The van der Waals surface area contributed by atoms with Crippen LogP contribution in [-0.2, 0) is 25.4 Å². The molecule has 2 heterocycles. The predicted molar refractivity (Wildman–Crippen MR) is 140 cm³/mol. The predicted octanol–water partition coefficient (Wildman–Crippen LogP) is 3.78. The fraction of sp³-hybridized carbons (Fsp3) is 0.704. The van der Waals surface area contributed by atoms with E-state index < -0.39 is 11.1 Å². The normalized spacial score (nSPS) is 26.4. The van der Waals surface area contributed by atoms with Gasteiger partial charge in [-0.2, -0.15) is 0 Å². The van der Waals surface area contributed by atoms with Gasteiger partial charge in [-0.05, 0) is 72.7 Å². The van der Waals surface area contributed by atoms with Gasteiger partial charge in [0.05, 0.1) is 11.2 Å². The van der Waals surface area contributed by atoms with E-state index in [1.807, 2.05) is 39.0 Å². The Bertz CT molecular complexity index is 883. The van der Waals surface area contributed by atoms with Crippen molar-refractivity contribution in [2.75, 3.05) is 13.1 Å². The summed E-state index contributed by atoms with van der Waals surface area (Å²) >= 11 is 0. The summed E-state index contributed by atoms with van der Waals surface area (Å²) in [5.74, 6) is -0.122. The van der Waals surface area contributed by atoms with Crippen LogP contribution in [0.25, 0.3) is 0 Å². The summed E-state index contributed by atoms with van der Waals surface area (Å²) in [4.78, 5) is 28.3. The molecule has 2 atom stereocenters. The molecular formula is C27H44BN3O4. The van der Waals surface area contributed by atoms with Crippen molar-refractivity contribution in [1.29, 1.82) is 0 Å². The third-order valence-electron chi connectivity index (χ3n) is 7.35. The molecule has 0 aliphatic carbocycles. The summed E-state index contributed by atoms with van der Waals surface area (Å²) in [6.07, 6.45) is 2.17. The number of benzene rings is 1. The second-order valence-electron chi connectivity index (χ2n) is 12.5. The number of likely N-dealkylation sites (tertiary alicyclic amines) is 1. The van der Waals surface area contributed by atoms with Crippen LogP contribution >= 0.6 is 0 Å². The zero-order valence-electron chi connectivity index (χ0n) is 22.9. The first-order valence-corrected chi connectivity index (χ1v) is 12.8. The first-order valence-electron chi connectivity index (χ1n) is 12.8. The van der Waals surface area contributed by atoms with Crippen LogP contribution in [0, 0.1) is 5.92 Å². The lowest BCUT2D eigenvalue weighted by Gasteiger charge is -2.46. The third kappa shape index (κ3) is 7.08. The van der Waals surface area contributed by atoms with Gasteiger partial charge in [-0.3, -0.25) is 14.5 Å². The Labute approximate surface area is 211 Å². The number of piperidine rings is 1. The number of nitrogens with zero attached hydrogens (tertiary/aromatic N) is 1. The van der Waals surface area contributed by atoms with Gasteiger partial charge in [-0.15, -0.1) is 0 Å². The van der Waals surface area contributed by atoms with Gasteiger partial charge in [0.15, 0.2) is 0 Å². The van der Waals surface area contributed by atoms with Crippen molar-refractivity contribution >= 4 is 18.9 Å². The molecule has 2 N–H and O–H groups in total. The van der Waals surface area contributed by atoms with E-state index in [4.69, 9.17) is 9.31 Å². The molecule has 0 spiro atoms. The maximum atomic E-state index is 13.6. The molecule has 2 aliphatic rings. The lowest BCUT2D eigenvalue weighted by molar-refractivity contribution is -0.138. The van der Waals surface area contributed by atoms with E-state index in [1.165, 1.54) is 12.5 Å². The SMILES string of the molecule is CC(=O)N[C@]1(C(=O)NC(C)(C)C)C[C@H](CCB2OC(C)(C)C(C)(C)O2)CN(Cc2ccccc2)C1. The van der Waals surface area contributed by atoms with E-state index in [0.717, 1.165) is 25.8 Å². The molecule has 0 saturated carbocycles. The minimum atomic E-state index is -0.993. The number of hydrogen-bond acceptors (Lipinski definition) is 5. The van der Waals surface area contributed by atoms with Crippen LogP contribution in [0.4, 0.5) is 0 Å². The molecule has 0 bridgehead atoms. The average molecular weight is 485 g/mol. The summed E-state index contributed by atoms with van der Waals surface area (Å²) in [6.45, 7) is 17.7. The Morgan fingerprint density at radius 3 is 2.23 bits per heavy atom. The van der Waals surface area contributed by atoms with Crippen LogP contribution in [0.1, 0.15) is 73.8 Å². The maximum absolute atomic E-state index is 13.6. The topological polar surface area (TPSA) is 79.9 Å². The van der Waals surface area contributed by atoms with Crippen LogP contribution in [0.2, 0.25) is 6.32 Å². The summed E-state index contributed by atoms with van der Waals surface area (Å²) in [5.41, 5.74) is -0.936. The summed E-state index contributed by atoms with van der Waals surface area (Å²) in [6, 6.07) is 10.3. The Hall–Kier alpha value is -1.90. The van der Waals surface area contributed by atoms with E-state index in [2.05, 4.69) is 55.4 Å². The minimum Gasteiger partial charge on any atom is -0.403 e. The molecule has 194 valence electrons. The fourth-order valence-electron chi connectivity index (χ4n) is 5.15. The second kappa shape index (κ2) is 10.2. The summed E-state index contributed by atoms with van der Waals surface area (Å²) < 4.78 is 12.4. The van der Waals surface area contributed by atoms with E-state index in [-0.39, 0.29) is 36.1 Å². The quantitative estimate of drug-likeness (QED) is 0.575.